The van der Waals surface area contributed by atoms with Crippen LogP contribution in [0.1, 0.15) is 13.8 Å². The highest BCUT2D eigenvalue weighted by molar-refractivity contribution is 5.82. The van der Waals surface area contributed by atoms with Crippen LogP contribution < -0.4 is 10.6 Å². The van der Waals surface area contributed by atoms with E-state index in [9.17, 15) is 0 Å². The first-order valence-electron chi connectivity index (χ1n) is 7.32. The number of nitrogens with two attached hydrogens (primary N) is 1. The molecule has 0 saturated carbocycles. The highest BCUT2D eigenvalue weighted by Crippen LogP contribution is 2.24. The van der Waals surface area contributed by atoms with Crippen LogP contribution in [0.15, 0.2) is 42.5 Å². The Bertz CT molecular complexity index is 739. The molecule has 0 fully saturated rings. The van der Waals surface area contributed by atoms with Gasteiger partial charge in [0.2, 0.25) is 0 Å². The topological polar surface area (TPSA) is 57.9 Å². The van der Waals surface area contributed by atoms with Crippen LogP contribution in [0, 0.1) is 0 Å². The maximum atomic E-state index is 5.80. The third kappa shape index (κ3) is 2.57. The standard InChI is InChI=1S/C17H20N4/c1-3-21(4-2)14-8-5-12(6-9-14)17-19-15-10-7-13(18)11-16(15)20-17/h5-11H,3-4,18H2,1-2H3,(H,19,20). The molecule has 0 amide bonds. The number of nitrogens with zero attached hydrogens (tertiary/aromatic N) is 2. The highest BCUT2D eigenvalue weighted by Gasteiger charge is 2.07. The van der Waals surface area contributed by atoms with Gasteiger partial charge in [-0.3, -0.25) is 0 Å². The number of benzene rings is 2. The predicted octanol–water partition coefficient (Wildman–Crippen LogP) is 3.66. The lowest BCUT2D eigenvalue weighted by molar-refractivity contribution is 0.866. The van der Waals surface area contributed by atoms with Crippen molar-refractivity contribution in [3.63, 3.8) is 0 Å². The third-order valence-electron chi connectivity index (χ3n) is 3.78. The summed E-state index contributed by atoms with van der Waals surface area (Å²) in [5, 5.41) is 0. The van der Waals surface area contributed by atoms with Crippen LogP contribution in [-0.2, 0) is 0 Å². The van der Waals surface area contributed by atoms with E-state index in [1.54, 1.807) is 0 Å². The highest BCUT2D eigenvalue weighted by atomic mass is 15.1. The van der Waals surface area contributed by atoms with Gasteiger partial charge < -0.3 is 15.6 Å². The van der Waals surface area contributed by atoms with E-state index >= 15 is 0 Å². The van der Waals surface area contributed by atoms with E-state index in [0.29, 0.717) is 0 Å². The summed E-state index contributed by atoms with van der Waals surface area (Å²) in [5.41, 5.74) is 10.8. The zero-order chi connectivity index (χ0) is 14.8. The van der Waals surface area contributed by atoms with Crippen molar-refractivity contribution >= 4 is 22.4 Å². The van der Waals surface area contributed by atoms with E-state index in [1.165, 1.54) is 5.69 Å². The minimum Gasteiger partial charge on any atom is -0.399 e. The van der Waals surface area contributed by atoms with Crippen LogP contribution in [0.3, 0.4) is 0 Å². The fourth-order valence-corrected chi connectivity index (χ4v) is 2.58. The Morgan fingerprint density at radius 2 is 1.76 bits per heavy atom. The molecule has 0 saturated heterocycles. The smallest absolute Gasteiger partial charge is 0.138 e. The van der Waals surface area contributed by atoms with Crippen molar-refractivity contribution in [1.82, 2.24) is 9.97 Å². The number of hydrogen-bond acceptors (Lipinski definition) is 3. The van der Waals surface area contributed by atoms with Crippen LogP contribution in [0.4, 0.5) is 11.4 Å². The van der Waals surface area contributed by atoms with Gasteiger partial charge in [0.1, 0.15) is 5.82 Å². The summed E-state index contributed by atoms with van der Waals surface area (Å²) < 4.78 is 0. The number of nitrogen functional groups attached to an aromatic ring is 1. The SMILES string of the molecule is CCN(CC)c1ccc(-c2nc3ccc(N)cc3[nH]2)cc1. The maximum absolute atomic E-state index is 5.80. The molecule has 0 radical (unpaired) electrons. The number of rotatable bonds is 4. The summed E-state index contributed by atoms with van der Waals surface area (Å²) in [6.07, 6.45) is 0. The first-order valence-corrected chi connectivity index (χ1v) is 7.32. The first kappa shape index (κ1) is 13.5. The molecular weight excluding hydrogens is 260 g/mol. The van der Waals surface area contributed by atoms with Gasteiger partial charge >= 0.3 is 0 Å². The van der Waals surface area contributed by atoms with Gasteiger partial charge in [0, 0.05) is 30.0 Å². The number of anilines is 2. The normalized spacial score (nSPS) is 11.0. The number of aromatic nitrogens is 2. The van der Waals surface area contributed by atoms with Gasteiger partial charge in [-0.05, 0) is 56.3 Å². The number of nitrogens with one attached hydrogen (secondary N) is 1. The molecule has 0 unspecified atom stereocenters. The van der Waals surface area contributed by atoms with Crippen molar-refractivity contribution in [1.29, 1.82) is 0 Å². The quantitative estimate of drug-likeness (QED) is 0.717. The summed E-state index contributed by atoms with van der Waals surface area (Å²) in [5.74, 6) is 0.877. The molecule has 4 nitrogen and oxygen atoms in total. The molecule has 21 heavy (non-hydrogen) atoms. The van der Waals surface area contributed by atoms with E-state index in [-0.39, 0.29) is 0 Å². The lowest BCUT2D eigenvalue weighted by Gasteiger charge is -2.20. The fraction of sp³-hybridized carbons (Fsp3) is 0.235. The molecule has 1 aromatic heterocycles. The minimum atomic E-state index is 0.745. The van der Waals surface area contributed by atoms with Gasteiger partial charge in [-0.15, -0.1) is 0 Å². The Morgan fingerprint density at radius 1 is 1.05 bits per heavy atom. The van der Waals surface area contributed by atoms with Crippen molar-refractivity contribution in [3.8, 4) is 11.4 Å². The van der Waals surface area contributed by atoms with Crippen molar-refractivity contribution in [2.45, 2.75) is 13.8 Å². The molecule has 0 aliphatic carbocycles. The van der Waals surface area contributed by atoms with Crippen molar-refractivity contribution < 1.29 is 0 Å². The van der Waals surface area contributed by atoms with E-state index in [0.717, 1.165) is 41.2 Å². The summed E-state index contributed by atoms with van der Waals surface area (Å²) in [7, 11) is 0. The molecule has 0 spiro atoms. The van der Waals surface area contributed by atoms with Gasteiger partial charge in [0.05, 0.1) is 11.0 Å². The molecule has 0 aliphatic heterocycles. The number of aromatic amines is 1. The maximum Gasteiger partial charge on any atom is 0.138 e. The Morgan fingerprint density at radius 3 is 2.43 bits per heavy atom. The van der Waals surface area contributed by atoms with Gasteiger partial charge in [0.15, 0.2) is 0 Å². The Labute approximate surface area is 124 Å². The lowest BCUT2D eigenvalue weighted by Crippen LogP contribution is -2.21. The monoisotopic (exact) mass is 280 g/mol. The average Bonchev–Trinajstić information content (AvgIpc) is 2.92. The van der Waals surface area contributed by atoms with Gasteiger partial charge in [-0.1, -0.05) is 0 Å². The van der Waals surface area contributed by atoms with Crippen LogP contribution in [-0.4, -0.2) is 23.1 Å². The zero-order valence-electron chi connectivity index (χ0n) is 12.4. The van der Waals surface area contributed by atoms with E-state index in [2.05, 4.69) is 53.0 Å². The molecule has 2 aromatic carbocycles. The molecule has 3 N–H and O–H groups in total. The molecule has 3 rings (SSSR count). The first-order chi connectivity index (χ1) is 10.2. The molecular formula is C17H20N4. The number of imidazole rings is 1. The van der Waals surface area contributed by atoms with Gasteiger partial charge in [-0.2, -0.15) is 0 Å². The summed E-state index contributed by atoms with van der Waals surface area (Å²) in [6, 6.07) is 14.2. The van der Waals surface area contributed by atoms with E-state index in [1.807, 2.05) is 18.2 Å². The van der Waals surface area contributed by atoms with Crippen LogP contribution in [0.5, 0.6) is 0 Å². The van der Waals surface area contributed by atoms with Crippen LogP contribution >= 0.6 is 0 Å². The molecule has 0 atom stereocenters. The van der Waals surface area contributed by atoms with E-state index in [4.69, 9.17) is 5.73 Å². The molecule has 1 heterocycles. The van der Waals surface area contributed by atoms with E-state index < -0.39 is 0 Å². The second kappa shape index (κ2) is 5.48. The fourth-order valence-electron chi connectivity index (χ4n) is 2.58. The van der Waals surface area contributed by atoms with Gasteiger partial charge in [0.25, 0.3) is 0 Å². The summed E-state index contributed by atoms with van der Waals surface area (Å²) in [4.78, 5) is 10.3. The lowest BCUT2D eigenvalue weighted by atomic mass is 10.2. The third-order valence-corrected chi connectivity index (χ3v) is 3.78. The van der Waals surface area contributed by atoms with Crippen molar-refractivity contribution in [2.24, 2.45) is 0 Å². The number of hydrogen-bond donors (Lipinski definition) is 2. The van der Waals surface area contributed by atoms with Crippen LogP contribution in [0.2, 0.25) is 0 Å². The number of H-pyrrole nitrogens is 1. The average molecular weight is 280 g/mol. The Kier molecular flexibility index (Phi) is 3.52. The minimum absolute atomic E-state index is 0.745. The molecule has 108 valence electrons. The Hall–Kier alpha value is -2.49. The molecule has 0 aliphatic rings. The largest absolute Gasteiger partial charge is 0.399 e. The summed E-state index contributed by atoms with van der Waals surface area (Å²) in [6.45, 7) is 6.36. The Balaban J connectivity index is 1.95. The van der Waals surface area contributed by atoms with Gasteiger partial charge in [-0.25, -0.2) is 4.98 Å². The molecule has 4 heteroatoms. The van der Waals surface area contributed by atoms with Crippen LogP contribution in [0.25, 0.3) is 22.4 Å². The second-order valence-corrected chi connectivity index (χ2v) is 5.08. The number of fused-ring (bicyclic) bond motifs is 1. The van der Waals surface area contributed by atoms with Crippen molar-refractivity contribution in [3.05, 3.63) is 42.5 Å². The zero-order valence-corrected chi connectivity index (χ0v) is 12.4. The predicted molar refractivity (Wildman–Crippen MR) is 89.5 cm³/mol. The molecule has 0 bridgehead atoms. The van der Waals surface area contributed by atoms with Crippen molar-refractivity contribution in [2.75, 3.05) is 23.7 Å². The molecule has 3 aromatic rings. The summed E-state index contributed by atoms with van der Waals surface area (Å²) >= 11 is 0. The second-order valence-electron chi connectivity index (χ2n) is 5.08.